The van der Waals surface area contributed by atoms with Crippen molar-refractivity contribution >= 4 is 29.9 Å². The van der Waals surface area contributed by atoms with Crippen molar-refractivity contribution < 1.29 is 14.3 Å². The van der Waals surface area contributed by atoms with Gasteiger partial charge in [-0.2, -0.15) is 0 Å². The maximum atomic E-state index is 12.5. The zero-order valence-corrected chi connectivity index (χ0v) is 15.4. The monoisotopic (exact) mass is 355 g/mol. The summed E-state index contributed by atoms with van der Waals surface area (Å²) in [5.41, 5.74) is 7.39. The lowest BCUT2D eigenvalue weighted by molar-refractivity contribution is -0.136. The third kappa shape index (κ3) is 3.99. The molecule has 0 spiro atoms. The Morgan fingerprint density at radius 1 is 1.50 bits per heavy atom. The Morgan fingerprint density at radius 2 is 2.17 bits per heavy atom. The number of hydrogen-bond donors (Lipinski definition) is 1. The van der Waals surface area contributed by atoms with Crippen LogP contribution in [-0.2, 0) is 9.59 Å². The number of ether oxygens (including phenoxy) is 1. The number of methoxy groups -OCH3 is 1. The fourth-order valence-corrected chi connectivity index (χ4v) is 2.78. The number of hydrogen-bond acceptors (Lipinski definition) is 4. The summed E-state index contributed by atoms with van der Waals surface area (Å²) in [7, 11) is 3.31. The summed E-state index contributed by atoms with van der Waals surface area (Å²) < 4.78 is 5.35. The van der Waals surface area contributed by atoms with Crippen LogP contribution in [0.3, 0.4) is 0 Å². The maximum absolute atomic E-state index is 12.5. The van der Waals surface area contributed by atoms with Crippen molar-refractivity contribution in [3.63, 3.8) is 0 Å². The molecule has 0 aromatic heterocycles. The van der Waals surface area contributed by atoms with E-state index >= 15 is 0 Å². The molecule has 0 aliphatic carbocycles. The second-order valence-electron chi connectivity index (χ2n) is 6.11. The molecule has 6 nitrogen and oxygen atoms in total. The van der Waals surface area contributed by atoms with E-state index in [4.69, 9.17) is 10.5 Å². The van der Waals surface area contributed by atoms with E-state index in [-0.39, 0.29) is 42.6 Å². The van der Waals surface area contributed by atoms with E-state index in [1.165, 1.54) is 0 Å². The number of amides is 2. The smallest absolute Gasteiger partial charge is 0.228 e. The predicted octanol–water partition coefficient (Wildman–Crippen LogP) is 1.58. The minimum Gasteiger partial charge on any atom is -0.495 e. The van der Waals surface area contributed by atoms with Crippen molar-refractivity contribution in [2.75, 3.05) is 32.1 Å². The molecule has 1 aliphatic heterocycles. The second-order valence-corrected chi connectivity index (χ2v) is 6.11. The quantitative estimate of drug-likeness (QED) is 0.870. The molecule has 0 saturated carbocycles. The Morgan fingerprint density at radius 3 is 2.75 bits per heavy atom. The molecule has 0 radical (unpaired) electrons. The van der Waals surface area contributed by atoms with E-state index < -0.39 is 0 Å². The largest absolute Gasteiger partial charge is 0.495 e. The van der Waals surface area contributed by atoms with Gasteiger partial charge in [0, 0.05) is 32.6 Å². The van der Waals surface area contributed by atoms with E-state index in [9.17, 15) is 9.59 Å². The molecule has 2 rings (SSSR count). The molecule has 24 heavy (non-hydrogen) atoms. The van der Waals surface area contributed by atoms with Crippen LogP contribution >= 0.6 is 12.4 Å². The molecule has 1 fully saturated rings. The van der Waals surface area contributed by atoms with Crippen LogP contribution in [0.15, 0.2) is 18.2 Å². The van der Waals surface area contributed by atoms with Crippen LogP contribution in [0.1, 0.15) is 18.9 Å². The first-order valence-electron chi connectivity index (χ1n) is 7.80. The molecule has 134 valence electrons. The number of carbonyl (C=O) groups excluding carboxylic acids is 2. The normalized spacial score (nSPS) is 18.1. The maximum Gasteiger partial charge on any atom is 0.228 e. The average molecular weight is 356 g/mol. The zero-order chi connectivity index (χ0) is 17.1. The SMILES string of the molecule is COc1ccc(C)cc1N1CC(C(=O)N(C)C(C)CN)CC1=O.Cl. The van der Waals surface area contributed by atoms with E-state index in [0.29, 0.717) is 18.8 Å². The third-order valence-electron chi connectivity index (χ3n) is 4.45. The van der Waals surface area contributed by atoms with Crippen LogP contribution in [0.25, 0.3) is 0 Å². The van der Waals surface area contributed by atoms with Crippen LogP contribution in [-0.4, -0.2) is 50.0 Å². The predicted molar refractivity (Wildman–Crippen MR) is 96.7 cm³/mol. The van der Waals surface area contributed by atoms with Crippen molar-refractivity contribution in [3.8, 4) is 5.75 Å². The Labute approximate surface area is 149 Å². The summed E-state index contributed by atoms with van der Waals surface area (Å²) in [6.45, 7) is 4.64. The number of carbonyl (C=O) groups is 2. The third-order valence-corrected chi connectivity index (χ3v) is 4.45. The number of likely N-dealkylation sites (N-methyl/N-ethyl adjacent to an activating group) is 1. The van der Waals surface area contributed by atoms with Gasteiger partial charge >= 0.3 is 0 Å². The molecule has 2 atom stereocenters. The summed E-state index contributed by atoms with van der Waals surface area (Å²) in [5.74, 6) is 0.207. The first-order valence-corrected chi connectivity index (χ1v) is 7.80. The molecular weight excluding hydrogens is 330 g/mol. The Hall–Kier alpha value is -1.79. The summed E-state index contributed by atoms with van der Waals surface area (Å²) in [5, 5.41) is 0. The number of halogens is 1. The first kappa shape index (κ1) is 20.3. The number of aryl methyl sites for hydroxylation is 1. The number of anilines is 1. The van der Waals surface area contributed by atoms with Gasteiger partial charge in [0.05, 0.1) is 18.7 Å². The van der Waals surface area contributed by atoms with E-state index in [2.05, 4.69) is 0 Å². The fourth-order valence-electron chi connectivity index (χ4n) is 2.78. The average Bonchev–Trinajstić information content (AvgIpc) is 2.94. The van der Waals surface area contributed by atoms with Crippen molar-refractivity contribution in [2.45, 2.75) is 26.3 Å². The minimum atomic E-state index is -0.341. The van der Waals surface area contributed by atoms with Crippen molar-refractivity contribution in [1.82, 2.24) is 4.90 Å². The molecule has 1 aliphatic rings. The molecule has 1 saturated heterocycles. The summed E-state index contributed by atoms with van der Waals surface area (Å²) in [4.78, 5) is 28.2. The molecule has 2 unspecified atom stereocenters. The van der Waals surface area contributed by atoms with E-state index in [0.717, 1.165) is 11.3 Å². The number of benzene rings is 1. The highest BCUT2D eigenvalue weighted by molar-refractivity contribution is 6.01. The van der Waals surface area contributed by atoms with Crippen LogP contribution in [0.5, 0.6) is 5.75 Å². The van der Waals surface area contributed by atoms with Gasteiger partial charge in [-0.25, -0.2) is 0 Å². The van der Waals surface area contributed by atoms with Gasteiger partial charge in [0.1, 0.15) is 5.75 Å². The molecule has 0 bridgehead atoms. The van der Waals surface area contributed by atoms with E-state index in [1.807, 2.05) is 32.0 Å². The topological polar surface area (TPSA) is 75.9 Å². The van der Waals surface area contributed by atoms with Crippen molar-refractivity contribution in [1.29, 1.82) is 0 Å². The Bertz CT molecular complexity index is 609. The number of rotatable bonds is 5. The molecule has 1 aromatic rings. The molecule has 2 amide bonds. The molecule has 7 heteroatoms. The highest BCUT2D eigenvalue weighted by atomic mass is 35.5. The highest BCUT2D eigenvalue weighted by Gasteiger charge is 2.38. The van der Waals surface area contributed by atoms with Crippen LogP contribution in [0.2, 0.25) is 0 Å². The highest BCUT2D eigenvalue weighted by Crippen LogP contribution is 2.34. The Balaban J connectivity index is 0.00000288. The summed E-state index contributed by atoms with van der Waals surface area (Å²) in [6, 6.07) is 5.65. The van der Waals surface area contributed by atoms with Crippen LogP contribution < -0.4 is 15.4 Å². The molecule has 1 heterocycles. The molecule has 1 aromatic carbocycles. The lowest BCUT2D eigenvalue weighted by Crippen LogP contribution is -2.43. The number of nitrogens with zero attached hydrogens (tertiary/aromatic N) is 2. The summed E-state index contributed by atoms with van der Waals surface area (Å²) >= 11 is 0. The zero-order valence-electron chi connectivity index (χ0n) is 14.6. The van der Waals surface area contributed by atoms with Gasteiger partial charge < -0.3 is 20.3 Å². The van der Waals surface area contributed by atoms with Crippen LogP contribution in [0.4, 0.5) is 5.69 Å². The standard InChI is InChI=1S/C17H25N3O3.ClH/c1-11-5-6-15(23-4)14(7-11)20-10-13(8-16(20)21)17(22)19(3)12(2)9-18;/h5-7,12-13H,8-10,18H2,1-4H3;1H. The van der Waals surface area contributed by atoms with Gasteiger partial charge in [0.15, 0.2) is 0 Å². The Kier molecular flexibility index (Phi) is 7.05. The van der Waals surface area contributed by atoms with Gasteiger partial charge in [0.2, 0.25) is 11.8 Å². The van der Waals surface area contributed by atoms with Gasteiger partial charge in [-0.15, -0.1) is 12.4 Å². The number of nitrogens with two attached hydrogens (primary N) is 1. The van der Waals surface area contributed by atoms with Gasteiger partial charge in [0.25, 0.3) is 0 Å². The van der Waals surface area contributed by atoms with Gasteiger partial charge in [-0.1, -0.05) is 6.07 Å². The lowest BCUT2D eigenvalue weighted by Gasteiger charge is -2.26. The van der Waals surface area contributed by atoms with Gasteiger partial charge in [-0.05, 0) is 31.5 Å². The second kappa shape index (κ2) is 8.35. The fraction of sp³-hybridized carbons (Fsp3) is 0.529. The van der Waals surface area contributed by atoms with Gasteiger partial charge in [-0.3, -0.25) is 9.59 Å². The lowest BCUT2D eigenvalue weighted by atomic mass is 10.1. The summed E-state index contributed by atoms with van der Waals surface area (Å²) in [6.07, 6.45) is 0.220. The minimum absolute atomic E-state index is 0. The van der Waals surface area contributed by atoms with E-state index in [1.54, 1.807) is 24.0 Å². The van der Waals surface area contributed by atoms with Crippen molar-refractivity contribution in [3.05, 3.63) is 23.8 Å². The van der Waals surface area contributed by atoms with Crippen molar-refractivity contribution in [2.24, 2.45) is 11.7 Å². The van der Waals surface area contributed by atoms with Crippen LogP contribution in [0, 0.1) is 12.8 Å². The first-order chi connectivity index (χ1) is 10.9. The molecule has 2 N–H and O–H groups in total. The molecular formula is C17H26ClN3O3.